The Kier molecular flexibility index (Phi) is 4.62. The number of benzene rings is 2. The normalized spacial score (nSPS) is 18.4. The van der Waals surface area contributed by atoms with Crippen molar-refractivity contribution in [2.75, 3.05) is 11.5 Å². The molecule has 2 aromatic carbocycles. The zero-order valence-electron chi connectivity index (χ0n) is 14.8. The SMILES string of the molecule is CCOC(=O)c1ccc(N2C(=O)C3=C(c4ccc(Cl)cc4)NO[C@H]3C2=O)cc1. The van der Waals surface area contributed by atoms with Gasteiger partial charge in [0.2, 0.25) is 0 Å². The molecule has 1 saturated heterocycles. The summed E-state index contributed by atoms with van der Waals surface area (Å²) >= 11 is 5.91. The first-order valence-corrected chi connectivity index (χ1v) is 8.96. The molecule has 2 amide bonds. The number of fused-ring (bicyclic) bond motifs is 1. The van der Waals surface area contributed by atoms with Crippen molar-refractivity contribution in [3.05, 3.63) is 70.3 Å². The Morgan fingerprint density at radius 1 is 1.14 bits per heavy atom. The minimum atomic E-state index is -1.03. The van der Waals surface area contributed by atoms with Gasteiger partial charge >= 0.3 is 5.97 Å². The number of nitrogens with zero attached hydrogens (tertiary/aromatic N) is 1. The molecule has 2 heterocycles. The van der Waals surface area contributed by atoms with Crippen LogP contribution in [-0.2, 0) is 19.2 Å². The Morgan fingerprint density at radius 2 is 1.82 bits per heavy atom. The summed E-state index contributed by atoms with van der Waals surface area (Å²) in [7, 11) is 0. The van der Waals surface area contributed by atoms with Crippen LogP contribution in [0.5, 0.6) is 0 Å². The lowest BCUT2D eigenvalue weighted by Crippen LogP contribution is -2.34. The Hall–Kier alpha value is -3.16. The number of halogens is 1. The zero-order valence-corrected chi connectivity index (χ0v) is 15.5. The van der Waals surface area contributed by atoms with E-state index in [1.165, 1.54) is 24.3 Å². The van der Waals surface area contributed by atoms with Crippen LogP contribution in [0.15, 0.2) is 54.1 Å². The third-order valence-electron chi connectivity index (χ3n) is 4.46. The number of esters is 1. The summed E-state index contributed by atoms with van der Waals surface area (Å²) in [4.78, 5) is 43.9. The molecule has 142 valence electrons. The van der Waals surface area contributed by atoms with E-state index in [9.17, 15) is 14.4 Å². The predicted molar refractivity (Wildman–Crippen MR) is 101 cm³/mol. The van der Waals surface area contributed by atoms with Gasteiger partial charge in [0.05, 0.1) is 29.1 Å². The number of carbonyl (C=O) groups excluding carboxylic acids is 3. The quantitative estimate of drug-likeness (QED) is 0.629. The molecule has 7 nitrogen and oxygen atoms in total. The molecule has 2 aliphatic rings. The zero-order chi connectivity index (χ0) is 19.8. The van der Waals surface area contributed by atoms with Gasteiger partial charge in [0, 0.05) is 10.6 Å². The van der Waals surface area contributed by atoms with Gasteiger partial charge in [0.15, 0.2) is 6.10 Å². The predicted octanol–water partition coefficient (Wildman–Crippen LogP) is 2.70. The maximum Gasteiger partial charge on any atom is 0.338 e. The van der Waals surface area contributed by atoms with Gasteiger partial charge in [-0.25, -0.2) is 9.69 Å². The number of hydrogen-bond acceptors (Lipinski definition) is 6. The Morgan fingerprint density at radius 3 is 2.46 bits per heavy atom. The second-order valence-corrected chi connectivity index (χ2v) is 6.58. The van der Waals surface area contributed by atoms with E-state index in [4.69, 9.17) is 21.2 Å². The van der Waals surface area contributed by atoms with Gasteiger partial charge in [-0.15, -0.1) is 0 Å². The second-order valence-electron chi connectivity index (χ2n) is 6.14. The van der Waals surface area contributed by atoms with Gasteiger partial charge < -0.3 is 4.74 Å². The number of rotatable bonds is 4. The molecule has 2 aliphatic heterocycles. The van der Waals surface area contributed by atoms with Crippen LogP contribution in [0.1, 0.15) is 22.8 Å². The first-order chi connectivity index (χ1) is 13.5. The fourth-order valence-corrected chi connectivity index (χ4v) is 3.26. The average Bonchev–Trinajstić information content (AvgIpc) is 3.23. The summed E-state index contributed by atoms with van der Waals surface area (Å²) in [5, 5.41) is 0.557. The van der Waals surface area contributed by atoms with E-state index in [0.29, 0.717) is 27.5 Å². The summed E-state index contributed by atoms with van der Waals surface area (Å²) in [6.45, 7) is 1.98. The fourth-order valence-electron chi connectivity index (χ4n) is 3.13. The summed E-state index contributed by atoms with van der Waals surface area (Å²) in [6.07, 6.45) is -1.03. The van der Waals surface area contributed by atoms with Crippen LogP contribution in [-0.4, -0.2) is 30.5 Å². The average molecular weight is 399 g/mol. The number of imide groups is 1. The van der Waals surface area contributed by atoms with Crippen LogP contribution in [0.25, 0.3) is 5.70 Å². The van der Waals surface area contributed by atoms with Crippen molar-refractivity contribution in [1.82, 2.24) is 5.48 Å². The molecule has 0 radical (unpaired) electrons. The Balaban J connectivity index is 1.67. The van der Waals surface area contributed by atoms with E-state index in [1.54, 1.807) is 31.2 Å². The monoisotopic (exact) mass is 398 g/mol. The first kappa shape index (κ1) is 18.2. The number of anilines is 1. The molecule has 0 spiro atoms. The minimum absolute atomic E-state index is 0.238. The molecule has 8 heteroatoms. The highest BCUT2D eigenvalue weighted by atomic mass is 35.5. The van der Waals surface area contributed by atoms with Crippen molar-refractivity contribution in [2.45, 2.75) is 13.0 Å². The number of carbonyl (C=O) groups is 3. The van der Waals surface area contributed by atoms with Crippen LogP contribution in [0.4, 0.5) is 5.69 Å². The van der Waals surface area contributed by atoms with E-state index in [-0.39, 0.29) is 12.2 Å². The Labute approximate surface area is 165 Å². The summed E-state index contributed by atoms with van der Waals surface area (Å²) in [5.74, 6) is -1.44. The Bertz CT molecular complexity index is 998. The van der Waals surface area contributed by atoms with Gasteiger partial charge in [0.25, 0.3) is 11.8 Å². The summed E-state index contributed by atoms with van der Waals surface area (Å²) in [5.41, 5.74) is 4.72. The van der Waals surface area contributed by atoms with Crippen LogP contribution >= 0.6 is 11.6 Å². The van der Waals surface area contributed by atoms with Crippen molar-refractivity contribution in [1.29, 1.82) is 0 Å². The van der Waals surface area contributed by atoms with Crippen molar-refractivity contribution in [2.24, 2.45) is 0 Å². The standard InChI is InChI=1S/C20H15ClN2O5/c1-2-27-20(26)12-5-9-14(10-6-12)23-18(24)15-16(22-28-17(15)19(23)25)11-3-7-13(21)8-4-11/h3-10,17,22H,2H2,1H3/t17-/m1/s1. The van der Waals surface area contributed by atoms with Gasteiger partial charge in [-0.05, 0) is 43.3 Å². The molecule has 1 fully saturated rings. The highest BCUT2D eigenvalue weighted by Crippen LogP contribution is 2.36. The van der Waals surface area contributed by atoms with Crippen LogP contribution in [0.2, 0.25) is 5.02 Å². The van der Waals surface area contributed by atoms with E-state index < -0.39 is 23.9 Å². The molecule has 1 atom stereocenters. The van der Waals surface area contributed by atoms with E-state index in [0.717, 1.165) is 4.90 Å². The minimum Gasteiger partial charge on any atom is -0.462 e. The molecular weight excluding hydrogens is 384 g/mol. The lowest BCUT2D eigenvalue weighted by Gasteiger charge is -2.16. The van der Waals surface area contributed by atoms with Gasteiger partial charge in [-0.2, -0.15) is 0 Å². The van der Waals surface area contributed by atoms with E-state index in [2.05, 4.69) is 5.48 Å². The number of nitrogens with one attached hydrogen (secondary N) is 1. The van der Waals surface area contributed by atoms with Gasteiger partial charge in [-0.1, -0.05) is 23.7 Å². The van der Waals surface area contributed by atoms with Crippen molar-refractivity contribution in [3.63, 3.8) is 0 Å². The molecule has 28 heavy (non-hydrogen) atoms. The lowest BCUT2D eigenvalue weighted by atomic mass is 10.1. The molecule has 0 aromatic heterocycles. The maximum atomic E-state index is 13.0. The molecule has 4 rings (SSSR count). The molecule has 0 saturated carbocycles. The second kappa shape index (κ2) is 7.10. The third-order valence-corrected chi connectivity index (χ3v) is 4.71. The lowest BCUT2D eigenvalue weighted by molar-refractivity contribution is -0.127. The topological polar surface area (TPSA) is 84.9 Å². The smallest absolute Gasteiger partial charge is 0.338 e. The van der Waals surface area contributed by atoms with Crippen molar-refractivity contribution < 1.29 is 24.0 Å². The van der Waals surface area contributed by atoms with Gasteiger partial charge in [-0.3, -0.25) is 19.9 Å². The first-order valence-electron chi connectivity index (χ1n) is 8.58. The molecule has 0 bridgehead atoms. The van der Waals surface area contributed by atoms with E-state index in [1.807, 2.05) is 0 Å². The van der Waals surface area contributed by atoms with Gasteiger partial charge in [0.1, 0.15) is 0 Å². The number of ether oxygens (including phenoxy) is 1. The summed E-state index contributed by atoms with van der Waals surface area (Å²) in [6, 6.07) is 12.9. The van der Waals surface area contributed by atoms with E-state index >= 15 is 0 Å². The molecule has 0 aliphatic carbocycles. The molecule has 2 aromatic rings. The maximum absolute atomic E-state index is 13.0. The van der Waals surface area contributed by atoms with Crippen LogP contribution < -0.4 is 10.4 Å². The van der Waals surface area contributed by atoms with Crippen LogP contribution in [0.3, 0.4) is 0 Å². The summed E-state index contributed by atoms with van der Waals surface area (Å²) < 4.78 is 4.94. The molecule has 1 N–H and O–H groups in total. The number of hydrogen-bond donors (Lipinski definition) is 1. The molecular formula is C20H15ClN2O5. The third kappa shape index (κ3) is 2.94. The number of amides is 2. The largest absolute Gasteiger partial charge is 0.462 e. The fraction of sp³-hybridized carbons (Fsp3) is 0.150. The van der Waals surface area contributed by atoms with Crippen molar-refractivity contribution in [3.8, 4) is 0 Å². The number of hydroxylamine groups is 1. The molecule has 0 unspecified atom stereocenters. The van der Waals surface area contributed by atoms with Crippen molar-refractivity contribution >= 4 is 40.8 Å². The van der Waals surface area contributed by atoms with Crippen LogP contribution in [0, 0.1) is 0 Å². The highest BCUT2D eigenvalue weighted by Gasteiger charge is 2.50. The highest BCUT2D eigenvalue weighted by molar-refractivity contribution is 6.33.